The van der Waals surface area contributed by atoms with Crippen molar-refractivity contribution >= 4 is 5.91 Å². The van der Waals surface area contributed by atoms with Crippen molar-refractivity contribution in [3.63, 3.8) is 0 Å². The normalized spacial score (nSPS) is 18.1. The fraction of sp³-hybridized carbons (Fsp3) is 0.690. The highest BCUT2D eigenvalue weighted by atomic mass is 16.1. The fourth-order valence-corrected chi connectivity index (χ4v) is 5.06. The molecule has 2 aliphatic carbocycles. The highest BCUT2D eigenvalue weighted by Gasteiger charge is 2.28. The number of aromatic nitrogens is 3. The van der Waals surface area contributed by atoms with Crippen LogP contribution < -0.4 is 5.32 Å². The molecule has 0 aromatic carbocycles. The van der Waals surface area contributed by atoms with Crippen LogP contribution in [0.15, 0.2) is 12.1 Å². The van der Waals surface area contributed by atoms with E-state index in [-0.39, 0.29) is 16.7 Å². The van der Waals surface area contributed by atoms with Crippen LogP contribution in [0.5, 0.6) is 0 Å². The Morgan fingerprint density at radius 1 is 0.941 bits per heavy atom. The van der Waals surface area contributed by atoms with Crippen LogP contribution >= 0.6 is 0 Å². The van der Waals surface area contributed by atoms with Crippen molar-refractivity contribution in [1.82, 2.24) is 19.9 Å². The molecule has 0 spiro atoms. The molecule has 2 aliphatic rings. The van der Waals surface area contributed by atoms with Gasteiger partial charge in [0.25, 0.3) is 5.91 Å². The minimum atomic E-state index is -0.156. The minimum Gasteiger partial charge on any atom is -0.349 e. The molecule has 5 heteroatoms. The molecule has 4 rings (SSSR count). The summed E-state index contributed by atoms with van der Waals surface area (Å²) in [5.74, 6) is 1.58. The van der Waals surface area contributed by atoms with Gasteiger partial charge in [-0.3, -0.25) is 4.79 Å². The standard InChI is InChI=1S/C29H44N4O/c1-19-22(26(34)30-21-14-11-15-21)16-24(33(19)18-20-12-9-8-10-13-20)23-17-25(28(2,3)4)32-27(31-23)29(5,6)7/h16-17,20-21H,8-15,18H2,1-7H3,(H,30,34). The summed E-state index contributed by atoms with van der Waals surface area (Å²) in [5.41, 5.74) is 4.66. The first-order valence-corrected chi connectivity index (χ1v) is 13.3. The van der Waals surface area contributed by atoms with E-state index in [0.29, 0.717) is 12.0 Å². The number of amides is 1. The van der Waals surface area contributed by atoms with Crippen molar-refractivity contribution in [3.8, 4) is 11.4 Å². The van der Waals surface area contributed by atoms with Gasteiger partial charge in [0, 0.05) is 29.1 Å². The van der Waals surface area contributed by atoms with Crippen molar-refractivity contribution < 1.29 is 4.79 Å². The average molecular weight is 465 g/mol. The second kappa shape index (κ2) is 9.47. The molecule has 2 fully saturated rings. The van der Waals surface area contributed by atoms with E-state index in [0.717, 1.165) is 53.5 Å². The average Bonchev–Trinajstić information content (AvgIpc) is 3.06. The van der Waals surface area contributed by atoms with E-state index in [9.17, 15) is 4.79 Å². The highest BCUT2D eigenvalue weighted by molar-refractivity contribution is 5.97. The molecule has 34 heavy (non-hydrogen) atoms. The number of rotatable bonds is 5. The van der Waals surface area contributed by atoms with E-state index in [1.807, 2.05) is 0 Å². The molecular formula is C29H44N4O. The summed E-state index contributed by atoms with van der Waals surface area (Å²) < 4.78 is 2.38. The molecule has 186 valence electrons. The van der Waals surface area contributed by atoms with Crippen LogP contribution in [0.4, 0.5) is 0 Å². The van der Waals surface area contributed by atoms with E-state index >= 15 is 0 Å². The molecule has 0 saturated heterocycles. The Kier molecular flexibility index (Phi) is 6.94. The molecule has 2 aromatic rings. The summed E-state index contributed by atoms with van der Waals surface area (Å²) >= 11 is 0. The van der Waals surface area contributed by atoms with Gasteiger partial charge in [-0.2, -0.15) is 0 Å². The number of carbonyl (C=O) groups is 1. The quantitative estimate of drug-likeness (QED) is 0.535. The lowest BCUT2D eigenvalue weighted by Crippen LogP contribution is -2.39. The molecular weight excluding hydrogens is 420 g/mol. The van der Waals surface area contributed by atoms with Crippen LogP contribution in [0.3, 0.4) is 0 Å². The zero-order chi connectivity index (χ0) is 24.7. The lowest BCUT2D eigenvalue weighted by molar-refractivity contribution is 0.0916. The van der Waals surface area contributed by atoms with Gasteiger partial charge in [-0.1, -0.05) is 60.8 Å². The summed E-state index contributed by atoms with van der Waals surface area (Å²) in [6, 6.07) is 4.57. The predicted octanol–water partition coefficient (Wildman–Crippen LogP) is 6.71. The third-order valence-electron chi connectivity index (χ3n) is 7.64. The van der Waals surface area contributed by atoms with E-state index in [1.165, 1.54) is 38.5 Å². The Bertz CT molecular complexity index is 995. The Morgan fingerprint density at radius 3 is 2.18 bits per heavy atom. The smallest absolute Gasteiger partial charge is 0.253 e. The van der Waals surface area contributed by atoms with Crippen LogP contribution in [0, 0.1) is 12.8 Å². The molecule has 0 radical (unpaired) electrons. The van der Waals surface area contributed by atoms with Gasteiger partial charge in [-0.15, -0.1) is 0 Å². The first-order valence-electron chi connectivity index (χ1n) is 13.3. The first-order chi connectivity index (χ1) is 15.9. The molecule has 0 atom stereocenters. The summed E-state index contributed by atoms with van der Waals surface area (Å²) in [5, 5.41) is 3.26. The molecule has 1 N–H and O–H groups in total. The van der Waals surface area contributed by atoms with E-state index < -0.39 is 0 Å². The van der Waals surface area contributed by atoms with Gasteiger partial charge in [-0.25, -0.2) is 9.97 Å². The number of hydrogen-bond donors (Lipinski definition) is 1. The molecule has 2 heterocycles. The summed E-state index contributed by atoms with van der Waals surface area (Å²) in [4.78, 5) is 23.3. The molecule has 2 saturated carbocycles. The Hall–Kier alpha value is -2.17. The number of nitrogens with zero attached hydrogens (tertiary/aromatic N) is 3. The maximum atomic E-state index is 13.3. The van der Waals surface area contributed by atoms with Gasteiger partial charge in [-0.05, 0) is 57.1 Å². The topological polar surface area (TPSA) is 59.8 Å². The van der Waals surface area contributed by atoms with Gasteiger partial charge >= 0.3 is 0 Å². The van der Waals surface area contributed by atoms with Crippen molar-refractivity contribution in [2.24, 2.45) is 5.92 Å². The summed E-state index contributed by atoms with van der Waals surface area (Å²) in [6.07, 6.45) is 9.90. The maximum absolute atomic E-state index is 13.3. The van der Waals surface area contributed by atoms with Crippen LogP contribution in [0.2, 0.25) is 0 Å². The van der Waals surface area contributed by atoms with Crippen LogP contribution in [-0.4, -0.2) is 26.5 Å². The predicted molar refractivity (Wildman–Crippen MR) is 139 cm³/mol. The van der Waals surface area contributed by atoms with Gasteiger partial charge in [0.1, 0.15) is 5.82 Å². The van der Waals surface area contributed by atoms with Gasteiger partial charge < -0.3 is 9.88 Å². The highest BCUT2D eigenvalue weighted by Crippen LogP contribution is 2.34. The summed E-state index contributed by atoms with van der Waals surface area (Å²) in [6.45, 7) is 16.2. The molecule has 1 amide bonds. The Labute approximate surface area is 206 Å². The number of carbonyl (C=O) groups excluding carboxylic acids is 1. The lowest BCUT2D eigenvalue weighted by atomic mass is 9.89. The van der Waals surface area contributed by atoms with Crippen LogP contribution in [0.1, 0.15) is 120 Å². The zero-order valence-electron chi connectivity index (χ0n) is 22.4. The lowest BCUT2D eigenvalue weighted by Gasteiger charge is -2.26. The second-order valence-electron chi connectivity index (χ2n) is 12.7. The molecule has 0 bridgehead atoms. The van der Waals surface area contributed by atoms with Crippen molar-refractivity contribution in [2.45, 2.75) is 123 Å². The third kappa shape index (κ3) is 5.39. The Balaban J connectivity index is 1.81. The van der Waals surface area contributed by atoms with Crippen molar-refractivity contribution in [3.05, 3.63) is 34.9 Å². The fourth-order valence-electron chi connectivity index (χ4n) is 5.06. The summed E-state index contributed by atoms with van der Waals surface area (Å²) in [7, 11) is 0. The number of hydrogen-bond acceptors (Lipinski definition) is 3. The Morgan fingerprint density at radius 2 is 1.62 bits per heavy atom. The zero-order valence-corrected chi connectivity index (χ0v) is 22.4. The van der Waals surface area contributed by atoms with E-state index in [2.05, 4.69) is 70.5 Å². The molecule has 0 unspecified atom stereocenters. The van der Waals surface area contributed by atoms with Crippen molar-refractivity contribution in [2.75, 3.05) is 0 Å². The van der Waals surface area contributed by atoms with Crippen LogP contribution in [-0.2, 0) is 17.4 Å². The van der Waals surface area contributed by atoms with Gasteiger partial charge in [0.05, 0.1) is 22.6 Å². The largest absolute Gasteiger partial charge is 0.349 e. The van der Waals surface area contributed by atoms with E-state index in [1.54, 1.807) is 0 Å². The van der Waals surface area contributed by atoms with Crippen molar-refractivity contribution in [1.29, 1.82) is 0 Å². The van der Waals surface area contributed by atoms with Gasteiger partial charge in [0.2, 0.25) is 0 Å². The first kappa shape index (κ1) is 24.9. The molecule has 2 aromatic heterocycles. The second-order valence-corrected chi connectivity index (χ2v) is 12.7. The van der Waals surface area contributed by atoms with Gasteiger partial charge in [0.15, 0.2) is 0 Å². The minimum absolute atomic E-state index is 0.0620. The molecule has 0 aliphatic heterocycles. The van der Waals surface area contributed by atoms with Crippen LogP contribution in [0.25, 0.3) is 11.4 Å². The third-order valence-corrected chi connectivity index (χ3v) is 7.64. The van der Waals surface area contributed by atoms with E-state index in [4.69, 9.17) is 9.97 Å². The monoisotopic (exact) mass is 464 g/mol. The SMILES string of the molecule is Cc1c(C(=O)NC2CCC2)cc(-c2cc(C(C)(C)C)nc(C(C)(C)C)n2)n1CC1CCCCC1. The number of nitrogens with one attached hydrogen (secondary N) is 1. The molecule has 5 nitrogen and oxygen atoms in total. The maximum Gasteiger partial charge on any atom is 0.253 e.